The number of nitrogens with zero attached hydrogens (tertiary/aromatic N) is 4. The number of benzene rings is 1. The lowest BCUT2D eigenvalue weighted by Gasteiger charge is -2.28. The van der Waals surface area contributed by atoms with Crippen molar-refractivity contribution in [3.8, 4) is 0 Å². The number of aromatic nitrogens is 3. The van der Waals surface area contributed by atoms with Crippen molar-refractivity contribution in [2.75, 3.05) is 6.54 Å². The Morgan fingerprint density at radius 3 is 2.35 bits per heavy atom. The molecule has 1 N–H and O–H groups in total. The first-order valence-corrected chi connectivity index (χ1v) is 8.99. The highest BCUT2D eigenvalue weighted by atomic mass is 16.2. The van der Waals surface area contributed by atoms with Crippen molar-refractivity contribution in [3.63, 3.8) is 0 Å². The monoisotopic (exact) mass is 355 g/mol. The van der Waals surface area contributed by atoms with E-state index < -0.39 is 0 Å². The first-order valence-electron chi connectivity index (χ1n) is 8.99. The maximum absolute atomic E-state index is 12.8. The van der Waals surface area contributed by atoms with Crippen molar-refractivity contribution in [1.82, 2.24) is 25.0 Å². The van der Waals surface area contributed by atoms with Crippen molar-refractivity contribution >= 4 is 11.8 Å². The quantitative estimate of drug-likeness (QED) is 0.912. The molecule has 26 heavy (non-hydrogen) atoms. The fraction of sp³-hybridized carbons (Fsp3) is 0.474. The topological polar surface area (TPSA) is 80.1 Å². The first kappa shape index (κ1) is 18.1. The summed E-state index contributed by atoms with van der Waals surface area (Å²) in [6, 6.07) is 7.78. The summed E-state index contributed by atoms with van der Waals surface area (Å²) >= 11 is 0. The third kappa shape index (κ3) is 3.61. The van der Waals surface area contributed by atoms with Gasteiger partial charge in [-0.25, -0.2) is 0 Å². The Kier molecular flexibility index (Phi) is 5.06. The molecule has 138 valence electrons. The minimum absolute atomic E-state index is 0.0252. The van der Waals surface area contributed by atoms with Crippen molar-refractivity contribution in [3.05, 3.63) is 47.0 Å². The molecule has 7 nitrogen and oxygen atoms in total. The van der Waals surface area contributed by atoms with E-state index >= 15 is 0 Å². The minimum Gasteiger partial charge on any atom is -0.347 e. The first-order chi connectivity index (χ1) is 12.4. The van der Waals surface area contributed by atoms with Gasteiger partial charge in [0.1, 0.15) is 0 Å². The second-order valence-electron chi connectivity index (χ2n) is 7.22. The lowest BCUT2D eigenvalue weighted by molar-refractivity contribution is 0.0706. The molecule has 0 radical (unpaired) electrons. The molecule has 1 aliphatic heterocycles. The van der Waals surface area contributed by atoms with Crippen LogP contribution in [-0.2, 0) is 13.1 Å². The Bertz CT molecular complexity index is 808. The predicted octanol–water partition coefficient (Wildman–Crippen LogP) is 2.20. The Hall–Kier alpha value is -2.70. The summed E-state index contributed by atoms with van der Waals surface area (Å²) in [5.41, 5.74) is 1.88. The average Bonchev–Trinajstić information content (AvgIpc) is 3.03. The van der Waals surface area contributed by atoms with E-state index in [1.54, 1.807) is 9.47 Å². The van der Waals surface area contributed by atoms with Gasteiger partial charge in [0.25, 0.3) is 11.8 Å². The van der Waals surface area contributed by atoms with Gasteiger partial charge in [0.05, 0.1) is 6.54 Å². The van der Waals surface area contributed by atoms with Gasteiger partial charge in [0.15, 0.2) is 5.82 Å². The van der Waals surface area contributed by atoms with E-state index in [0.29, 0.717) is 42.8 Å². The summed E-state index contributed by atoms with van der Waals surface area (Å²) < 4.78 is 1.79. The molecule has 2 amide bonds. The number of hydrogen-bond donors (Lipinski definition) is 1. The zero-order chi connectivity index (χ0) is 18.8. The molecular weight excluding hydrogens is 330 g/mol. The van der Waals surface area contributed by atoms with Gasteiger partial charge in [-0.05, 0) is 37.5 Å². The third-order valence-electron chi connectivity index (χ3n) is 4.49. The van der Waals surface area contributed by atoms with Crippen molar-refractivity contribution in [1.29, 1.82) is 0 Å². The molecule has 1 aliphatic rings. The van der Waals surface area contributed by atoms with Crippen molar-refractivity contribution < 1.29 is 9.59 Å². The van der Waals surface area contributed by atoms with Gasteiger partial charge in [0, 0.05) is 24.7 Å². The molecular formula is C19H25N5O2. The van der Waals surface area contributed by atoms with Gasteiger partial charge in [-0.15, -0.1) is 10.2 Å². The summed E-state index contributed by atoms with van der Waals surface area (Å²) in [6.45, 7) is 9.44. The van der Waals surface area contributed by atoms with Crippen LogP contribution in [0.2, 0.25) is 0 Å². The summed E-state index contributed by atoms with van der Waals surface area (Å²) in [4.78, 5) is 26.7. The fourth-order valence-corrected chi connectivity index (χ4v) is 3.02. The predicted molar refractivity (Wildman–Crippen MR) is 97.9 cm³/mol. The van der Waals surface area contributed by atoms with Gasteiger partial charge in [0.2, 0.25) is 5.82 Å². The van der Waals surface area contributed by atoms with E-state index in [2.05, 4.69) is 29.4 Å². The Morgan fingerprint density at radius 1 is 1.04 bits per heavy atom. The van der Waals surface area contributed by atoms with Crippen LogP contribution >= 0.6 is 0 Å². The molecule has 0 spiro atoms. The lowest BCUT2D eigenvalue weighted by atomic mass is 10.0. The molecule has 2 aromatic rings. The third-order valence-corrected chi connectivity index (χ3v) is 4.49. The molecule has 0 fully saturated rings. The highest BCUT2D eigenvalue weighted by molar-refractivity contribution is 5.94. The lowest BCUT2D eigenvalue weighted by Crippen LogP contribution is -2.40. The summed E-state index contributed by atoms with van der Waals surface area (Å²) in [6.07, 6.45) is 0. The number of nitrogens with one attached hydrogen (secondary N) is 1. The maximum atomic E-state index is 12.8. The van der Waals surface area contributed by atoms with Crippen LogP contribution in [0.5, 0.6) is 0 Å². The number of fused-ring (bicyclic) bond motifs is 1. The van der Waals surface area contributed by atoms with E-state index in [1.165, 1.54) is 5.56 Å². The van der Waals surface area contributed by atoms with Crippen LogP contribution in [0.3, 0.4) is 0 Å². The highest BCUT2D eigenvalue weighted by Crippen LogP contribution is 2.18. The number of carbonyl (C=O) groups excluding carboxylic acids is 2. The Balaban J connectivity index is 1.73. The van der Waals surface area contributed by atoms with Gasteiger partial charge in [-0.3, -0.25) is 9.59 Å². The number of rotatable bonds is 4. The molecule has 7 heteroatoms. The van der Waals surface area contributed by atoms with E-state index in [-0.39, 0.29) is 17.9 Å². The highest BCUT2D eigenvalue weighted by Gasteiger charge is 2.27. The summed E-state index contributed by atoms with van der Waals surface area (Å²) in [7, 11) is 0. The van der Waals surface area contributed by atoms with Crippen LogP contribution in [0.4, 0.5) is 0 Å². The number of carbonyl (C=O) groups is 2. The number of hydrogen-bond acceptors (Lipinski definition) is 4. The second-order valence-corrected chi connectivity index (χ2v) is 7.22. The molecule has 0 saturated carbocycles. The van der Waals surface area contributed by atoms with Gasteiger partial charge in [-0.1, -0.05) is 26.0 Å². The van der Waals surface area contributed by atoms with Crippen molar-refractivity contribution in [2.45, 2.75) is 52.7 Å². The molecule has 3 rings (SSSR count). The molecule has 2 heterocycles. The zero-order valence-electron chi connectivity index (χ0n) is 15.7. The summed E-state index contributed by atoms with van der Waals surface area (Å²) in [5, 5.41) is 10.9. The summed E-state index contributed by atoms with van der Waals surface area (Å²) in [5.74, 6) is 1.12. The Morgan fingerprint density at radius 2 is 1.73 bits per heavy atom. The van der Waals surface area contributed by atoms with E-state index in [1.807, 2.05) is 38.1 Å². The van der Waals surface area contributed by atoms with Crippen LogP contribution in [0, 0.1) is 0 Å². The van der Waals surface area contributed by atoms with Crippen LogP contribution in [-0.4, -0.2) is 44.1 Å². The molecule has 0 aliphatic carbocycles. The normalized spacial score (nSPS) is 13.8. The standard InChI is InChI=1S/C19H25N5O2/c1-12(2)14-5-7-15(8-6-14)19(26)23-9-10-24-16(11-23)21-22-17(24)18(25)20-13(3)4/h5-8,12-13H,9-11H2,1-4H3,(H,20,25). The minimum atomic E-state index is -0.234. The molecule has 0 atom stereocenters. The Labute approximate surface area is 153 Å². The molecule has 0 unspecified atom stereocenters. The van der Waals surface area contributed by atoms with Gasteiger partial charge in [-0.2, -0.15) is 0 Å². The largest absolute Gasteiger partial charge is 0.347 e. The SMILES string of the molecule is CC(C)NC(=O)c1nnc2n1CCN(C(=O)c1ccc(C(C)C)cc1)C2. The van der Waals surface area contributed by atoms with Crippen LogP contribution in [0.25, 0.3) is 0 Å². The fourth-order valence-electron chi connectivity index (χ4n) is 3.02. The van der Waals surface area contributed by atoms with Crippen LogP contribution in [0.1, 0.15) is 66.0 Å². The van der Waals surface area contributed by atoms with Gasteiger partial charge < -0.3 is 14.8 Å². The van der Waals surface area contributed by atoms with Gasteiger partial charge >= 0.3 is 0 Å². The molecule has 0 bridgehead atoms. The van der Waals surface area contributed by atoms with E-state index in [4.69, 9.17) is 0 Å². The second kappa shape index (κ2) is 7.27. The van der Waals surface area contributed by atoms with Crippen molar-refractivity contribution in [2.24, 2.45) is 0 Å². The van der Waals surface area contributed by atoms with E-state index in [9.17, 15) is 9.59 Å². The van der Waals surface area contributed by atoms with Crippen LogP contribution in [0.15, 0.2) is 24.3 Å². The number of amides is 2. The van der Waals surface area contributed by atoms with Crippen LogP contribution < -0.4 is 5.32 Å². The maximum Gasteiger partial charge on any atom is 0.289 e. The van der Waals surface area contributed by atoms with E-state index in [0.717, 1.165) is 0 Å². The average molecular weight is 355 g/mol. The zero-order valence-corrected chi connectivity index (χ0v) is 15.7. The smallest absolute Gasteiger partial charge is 0.289 e. The molecule has 1 aromatic carbocycles. The molecule has 0 saturated heterocycles. The molecule has 1 aromatic heterocycles.